The summed E-state index contributed by atoms with van der Waals surface area (Å²) in [5, 5.41) is 13.2. The Bertz CT molecular complexity index is 717. The number of hydrogen-bond acceptors (Lipinski definition) is 3. The van der Waals surface area contributed by atoms with Crippen molar-refractivity contribution in [2.75, 3.05) is 5.32 Å². The van der Waals surface area contributed by atoms with E-state index >= 15 is 0 Å². The van der Waals surface area contributed by atoms with Crippen molar-refractivity contribution >= 4 is 49.1 Å². The van der Waals surface area contributed by atoms with Crippen molar-refractivity contribution < 1.29 is 14.1 Å². The zero-order chi connectivity index (χ0) is 15.6. The predicted molar refractivity (Wildman–Crippen MR) is 82.8 cm³/mol. The third-order valence-electron chi connectivity index (χ3n) is 2.60. The van der Waals surface area contributed by atoms with Crippen LogP contribution in [0.1, 0.15) is 10.4 Å². The normalized spacial score (nSPS) is 10.2. The number of non-ortho nitro benzene ring substituents is 1. The maximum absolute atomic E-state index is 13.7. The van der Waals surface area contributed by atoms with Gasteiger partial charge in [0.05, 0.1) is 16.2 Å². The van der Waals surface area contributed by atoms with Crippen LogP contribution < -0.4 is 5.32 Å². The first-order valence-electron chi connectivity index (χ1n) is 5.59. The third kappa shape index (κ3) is 3.45. The lowest BCUT2D eigenvalue weighted by atomic mass is 10.2. The van der Waals surface area contributed by atoms with Crippen LogP contribution in [0.15, 0.2) is 45.3 Å². The average molecular weight is 418 g/mol. The molecule has 8 heteroatoms. The van der Waals surface area contributed by atoms with Gasteiger partial charge in [0.2, 0.25) is 0 Å². The van der Waals surface area contributed by atoms with Gasteiger partial charge in [0.1, 0.15) is 5.82 Å². The molecular formula is C13H7Br2FN2O3. The van der Waals surface area contributed by atoms with Crippen molar-refractivity contribution in [3.05, 3.63) is 66.8 Å². The molecule has 0 saturated carbocycles. The summed E-state index contributed by atoms with van der Waals surface area (Å²) in [4.78, 5) is 22.3. The number of carbonyl (C=O) groups excluding carboxylic acids is 1. The molecular weight excluding hydrogens is 411 g/mol. The maximum Gasteiger partial charge on any atom is 0.271 e. The van der Waals surface area contributed by atoms with E-state index in [9.17, 15) is 19.3 Å². The molecule has 0 spiro atoms. The highest BCUT2D eigenvalue weighted by Gasteiger charge is 2.18. The Labute approximate surface area is 135 Å². The molecule has 2 rings (SSSR count). The molecule has 0 unspecified atom stereocenters. The first-order valence-corrected chi connectivity index (χ1v) is 7.18. The molecule has 0 heterocycles. The number of anilines is 1. The lowest BCUT2D eigenvalue weighted by Gasteiger charge is -2.09. The van der Waals surface area contributed by atoms with Gasteiger partial charge in [-0.2, -0.15) is 0 Å². The number of amides is 1. The SMILES string of the molecule is O=C(Nc1cc([N+](=O)[O-])ccc1Br)c1c(F)cccc1Br. The second-order valence-corrected chi connectivity index (χ2v) is 5.68. The van der Waals surface area contributed by atoms with Crippen molar-refractivity contribution in [3.63, 3.8) is 0 Å². The molecule has 0 bridgehead atoms. The molecule has 0 aliphatic rings. The number of hydrogen-bond donors (Lipinski definition) is 1. The molecule has 0 aliphatic carbocycles. The molecule has 0 atom stereocenters. The van der Waals surface area contributed by atoms with E-state index in [1.165, 1.54) is 30.3 Å². The minimum atomic E-state index is -0.707. The summed E-state index contributed by atoms with van der Waals surface area (Å²) >= 11 is 6.27. The summed E-state index contributed by atoms with van der Waals surface area (Å²) in [5.41, 5.74) is -0.165. The molecule has 0 aromatic heterocycles. The van der Waals surface area contributed by atoms with E-state index in [1.54, 1.807) is 0 Å². The van der Waals surface area contributed by atoms with E-state index in [2.05, 4.69) is 37.2 Å². The average Bonchev–Trinajstić information content (AvgIpc) is 2.40. The number of nitro groups is 1. The van der Waals surface area contributed by atoms with Gasteiger partial charge in [0, 0.05) is 21.1 Å². The third-order valence-corrected chi connectivity index (χ3v) is 3.95. The zero-order valence-electron chi connectivity index (χ0n) is 10.3. The molecule has 0 saturated heterocycles. The number of nitrogens with zero attached hydrogens (tertiary/aromatic N) is 1. The van der Waals surface area contributed by atoms with Crippen LogP contribution >= 0.6 is 31.9 Å². The second kappa shape index (κ2) is 6.31. The van der Waals surface area contributed by atoms with Gasteiger partial charge in [-0.15, -0.1) is 0 Å². The van der Waals surface area contributed by atoms with Gasteiger partial charge < -0.3 is 5.32 Å². The number of nitrogens with one attached hydrogen (secondary N) is 1. The van der Waals surface area contributed by atoms with Crippen LogP contribution in [0.3, 0.4) is 0 Å². The van der Waals surface area contributed by atoms with Crippen molar-refractivity contribution in [3.8, 4) is 0 Å². The molecule has 0 fully saturated rings. The highest BCUT2D eigenvalue weighted by Crippen LogP contribution is 2.28. The Kier molecular flexibility index (Phi) is 4.69. The minimum absolute atomic E-state index is 0.170. The van der Waals surface area contributed by atoms with Crippen molar-refractivity contribution in [1.29, 1.82) is 0 Å². The molecule has 108 valence electrons. The van der Waals surface area contributed by atoms with E-state index in [0.717, 1.165) is 6.07 Å². The van der Waals surface area contributed by atoms with Crippen LogP contribution in [-0.4, -0.2) is 10.8 Å². The number of halogens is 3. The van der Waals surface area contributed by atoms with Gasteiger partial charge in [-0.05, 0) is 50.1 Å². The van der Waals surface area contributed by atoms with Crippen molar-refractivity contribution in [1.82, 2.24) is 0 Å². The quantitative estimate of drug-likeness (QED) is 0.589. The van der Waals surface area contributed by atoms with Gasteiger partial charge in [0.15, 0.2) is 0 Å². The monoisotopic (exact) mass is 416 g/mol. The fourth-order valence-corrected chi connectivity index (χ4v) is 2.49. The standard InChI is InChI=1S/C13H7Br2FN2O3/c14-8-5-4-7(18(20)21)6-11(8)17-13(19)12-9(15)2-1-3-10(12)16/h1-6H,(H,17,19). The van der Waals surface area contributed by atoms with E-state index in [1.807, 2.05) is 0 Å². The molecule has 2 aromatic rings. The van der Waals surface area contributed by atoms with E-state index in [0.29, 0.717) is 8.95 Å². The van der Waals surface area contributed by atoms with Crippen LogP contribution in [0.25, 0.3) is 0 Å². The van der Waals surface area contributed by atoms with Crippen LogP contribution in [0.5, 0.6) is 0 Å². The minimum Gasteiger partial charge on any atom is -0.321 e. The van der Waals surface area contributed by atoms with Crippen LogP contribution in [-0.2, 0) is 0 Å². The number of carbonyl (C=O) groups is 1. The van der Waals surface area contributed by atoms with Gasteiger partial charge in [-0.25, -0.2) is 4.39 Å². The summed E-state index contributed by atoms with van der Waals surface area (Å²) in [5.74, 6) is -1.40. The van der Waals surface area contributed by atoms with Crippen LogP contribution in [0, 0.1) is 15.9 Å². The van der Waals surface area contributed by atoms with E-state index in [-0.39, 0.29) is 16.9 Å². The van der Waals surface area contributed by atoms with Gasteiger partial charge in [-0.3, -0.25) is 14.9 Å². The first kappa shape index (κ1) is 15.6. The largest absolute Gasteiger partial charge is 0.321 e. The fraction of sp³-hybridized carbons (Fsp3) is 0. The fourth-order valence-electron chi connectivity index (χ4n) is 1.62. The predicted octanol–water partition coefficient (Wildman–Crippen LogP) is 4.51. The Morgan fingerprint density at radius 2 is 1.90 bits per heavy atom. The molecule has 1 N–H and O–H groups in total. The lowest BCUT2D eigenvalue weighted by Crippen LogP contribution is -2.15. The highest BCUT2D eigenvalue weighted by molar-refractivity contribution is 9.11. The summed E-state index contributed by atoms with van der Waals surface area (Å²) in [6, 6.07) is 8.06. The summed E-state index contributed by atoms with van der Waals surface area (Å²) in [7, 11) is 0. The van der Waals surface area contributed by atoms with Crippen molar-refractivity contribution in [2.45, 2.75) is 0 Å². The molecule has 0 radical (unpaired) electrons. The highest BCUT2D eigenvalue weighted by atomic mass is 79.9. The lowest BCUT2D eigenvalue weighted by molar-refractivity contribution is -0.384. The number of nitro benzene ring substituents is 1. The topological polar surface area (TPSA) is 72.2 Å². The Hall–Kier alpha value is -1.80. The van der Waals surface area contributed by atoms with Crippen molar-refractivity contribution in [2.24, 2.45) is 0 Å². The molecule has 0 aliphatic heterocycles. The summed E-state index contributed by atoms with van der Waals surface area (Å²) in [6.07, 6.45) is 0. The first-order chi connectivity index (χ1) is 9.90. The maximum atomic E-state index is 13.7. The van der Waals surface area contributed by atoms with E-state index in [4.69, 9.17) is 0 Å². The molecule has 2 aromatic carbocycles. The van der Waals surface area contributed by atoms with Gasteiger partial charge in [0.25, 0.3) is 11.6 Å². The number of benzene rings is 2. The Balaban J connectivity index is 2.36. The summed E-state index contributed by atoms with van der Waals surface area (Å²) < 4.78 is 14.4. The Morgan fingerprint density at radius 3 is 2.52 bits per heavy atom. The number of rotatable bonds is 3. The second-order valence-electron chi connectivity index (χ2n) is 3.97. The molecule has 5 nitrogen and oxygen atoms in total. The molecule has 21 heavy (non-hydrogen) atoms. The van der Waals surface area contributed by atoms with Crippen LogP contribution in [0.2, 0.25) is 0 Å². The van der Waals surface area contributed by atoms with Gasteiger partial charge in [-0.1, -0.05) is 6.07 Å². The molecule has 1 amide bonds. The zero-order valence-corrected chi connectivity index (χ0v) is 13.4. The van der Waals surface area contributed by atoms with Gasteiger partial charge >= 0.3 is 0 Å². The summed E-state index contributed by atoms with van der Waals surface area (Å²) in [6.45, 7) is 0. The van der Waals surface area contributed by atoms with Crippen LogP contribution in [0.4, 0.5) is 15.8 Å². The smallest absolute Gasteiger partial charge is 0.271 e. The Morgan fingerprint density at radius 1 is 1.19 bits per heavy atom. The van der Waals surface area contributed by atoms with E-state index < -0.39 is 16.6 Å².